The van der Waals surface area contributed by atoms with Crippen molar-refractivity contribution in [2.24, 2.45) is 0 Å². The summed E-state index contributed by atoms with van der Waals surface area (Å²) in [5, 5.41) is 1.16. The monoisotopic (exact) mass is 422 g/mol. The molecule has 1 fully saturated rings. The van der Waals surface area contributed by atoms with Gasteiger partial charge in [-0.3, -0.25) is 4.90 Å². The summed E-state index contributed by atoms with van der Waals surface area (Å²) in [5.41, 5.74) is 0. The lowest BCUT2D eigenvalue weighted by molar-refractivity contribution is 0.343. The molecule has 1 aromatic heterocycles. The number of thioether (sulfide) groups is 2. The summed E-state index contributed by atoms with van der Waals surface area (Å²) >= 11 is 6.26. The summed E-state index contributed by atoms with van der Waals surface area (Å²) in [6, 6.07) is 4.26. The highest BCUT2D eigenvalue weighted by molar-refractivity contribution is 14.1. The zero-order valence-corrected chi connectivity index (χ0v) is 15.7. The van der Waals surface area contributed by atoms with Crippen molar-refractivity contribution in [2.45, 2.75) is 37.1 Å². The molecular weight excluding hydrogens is 399 g/mol. The summed E-state index contributed by atoms with van der Waals surface area (Å²) in [6.07, 6.45) is 8.80. The number of hydrogen-bond acceptors (Lipinski definition) is 4. The fourth-order valence-corrected chi connectivity index (χ4v) is 4.42. The molecular formula is C15H23IN2S2. The molecule has 0 amide bonds. The van der Waals surface area contributed by atoms with Crippen LogP contribution in [0, 0.1) is 3.57 Å². The van der Waals surface area contributed by atoms with E-state index in [1.54, 1.807) is 0 Å². The minimum absolute atomic E-state index is 1.16. The van der Waals surface area contributed by atoms with Gasteiger partial charge in [0.25, 0.3) is 0 Å². The fourth-order valence-electron chi connectivity index (χ4n) is 2.22. The maximum Gasteiger partial charge on any atom is 0.0960 e. The quantitative estimate of drug-likeness (QED) is 0.325. The predicted octanol–water partition coefficient (Wildman–Crippen LogP) is 4.74. The Labute approximate surface area is 145 Å². The lowest BCUT2D eigenvalue weighted by Gasteiger charge is -2.12. The van der Waals surface area contributed by atoms with Crippen molar-refractivity contribution in [3.05, 3.63) is 21.9 Å². The van der Waals surface area contributed by atoms with Gasteiger partial charge in [0.05, 0.1) is 5.03 Å². The largest absolute Gasteiger partial charge is 0.293 e. The van der Waals surface area contributed by atoms with Crippen molar-refractivity contribution in [2.75, 3.05) is 30.5 Å². The summed E-state index contributed by atoms with van der Waals surface area (Å²) < 4.78 is 1.21. The number of hydrogen-bond donors (Lipinski definition) is 0. The molecule has 2 rings (SSSR count). The highest BCUT2D eigenvalue weighted by Crippen LogP contribution is 2.19. The molecule has 0 unspecified atom stereocenters. The van der Waals surface area contributed by atoms with E-state index in [-0.39, 0.29) is 0 Å². The standard InChI is InChI=1S/C15H23IN2S2/c16-14-6-7-15(17-12-14)20-10-5-3-1-2-4-8-18-9-11-19-13-18/h6-7,12H,1-5,8-11,13H2. The van der Waals surface area contributed by atoms with Gasteiger partial charge in [-0.25, -0.2) is 4.98 Å². The van der Waals surface area contributed by atoms with Crippen molar-refractivity contribution >= 4 is 46.1 Å². The van der Waals surface area contributed by atoms with Gasteiger partial charge in [-0.1, -0.05) is 19.3 Å². The second kappa shape index (κ2) is 10.3. The molecule has 112 valence electrons. The van der Waals surface area contributed by atoms with Crippen LogP contribution in [-0.2, 0) is 0 Å². The Morgan fingerprint density at radius 2 is 2.05 bits per heavy atom. The van der Waals surface area contributed by atoms with E-state index in [0.717, 1.165) is 5.03 Å². The summed E-state index contributed by atoms with van der Waals surface area (Å²) in [5.74, 6) is 3.81. The van der Waals surface area contributed by atoms with Crippen molar-refractivity contribution in [1.82, 2.24) is 9.88 Å². The van der Waals surface area contributed by atoms with Crippen LogP contribution >= 0.6 is 46.1 Å². The van der Waals surface area contributed by atoms with E-state index in [4.69, 9.17) is 0 Å². The first-order chi connectivity index (χ1) is 9.84. The van der Waals surface area contributed by atoms with Gasteiger partial charge in [-0.2, -0.15) is 0 Å². The molecule has 0 saturated carbocycles. The van der Waals surface area contributed by atoms with Crippen LogP contribution in [-0.4, -0.2) is 40.4 Å². The van der Waals surface area contributed by atoms with Crippen LogP contribution in [0.15, 0.2) is 23.4 Å². The Balaban J connectivity index is 1.40. The third kappa shape index (κ3) is 7.00. The highest BCUT2D eigenvalue weighted by Gasteiger charge is 2.10. The van der Waals surface area contributed by atoms with Crippen LogP contribution < -0.4 is 0 Å². The van der Waals surface area contributed by atoms with Crippen molar-refractivity contribution < 1.29 is 0 Å². The van der Waals surface area contributed by atoms with E-state index in [1.165, 1.54) is 66.1 Å². The van der Waals surface area contributed by atoms with Gasteiger partial charge < -0.3 is 0 Å². The van der Waals surface area contributed by atoms with Crippen LogP contribution in [0.1, 0.15) is 32.1 Å². The average molecular weight is 422 g/mol. The van der Waals surface area contributed by atoms with Crippen LogP contribution in [0.3, 0.4) is 0 Å². The van der Waals surface area contributed by atoms with E-state index < -0.39 is 0 Å². The lowest BCUT2D eigenvalue weighted by atomic mass is 10.1. The number of aromatic nitrogens is 1. The molecule has 1 aliphatic rings. The van der Waals surface area contributed by atoms with Crippen molar-refractivity contribution in [3.63, 3.8) is 0 Å². The maximum absolute atomic E-state index is 4.42. The first-order valence-corrected chi connectivity index (χ1v) is 10.6. The van der Waals surface area contributed by atoms with Crippen LogP contribution in [0.25, 0.3) is 0 Å². The van der Waals surface area contributed by atoms with Crippen LogP contribution in [0.5, 0.6) is 0 Å². The molecule has 0 radical (unpaired) electrons. The molecule has 5 heteroatoms. The van der Waals surface area contributed by atoms with E-state index in [2.05, 4.69) is 56.4 Å². The van der Waals surface area contributed by atoms with Gasteiger partial charge in [0.2, 0.25) is 0 Å². The number of nitrogens with zero attached hydrogens (tertiary/aromatic N) is 2. The Morgan fingerprint density at radius 1 is 1.20 bits per heavy atom. The smallest absolute Gasteiger partial charge is 0.0960 e. The van der Waals surface area contributed by atoms with Crippen LogP contribution in [0.2, 0.25) is 0 Å². The first kappa shape index (κ1) is 16.9. The van der Waals surface area contributed by atoms with E-state index in [9.17, 15) is 0 Å². The summed E-state index contributed by atoms with van der Waals surface area (Å²) in [4.78, 5) is 7.00. The molecule has 0 spiro atoms. The molecule has 2 heterocycles. The Hall–Kier alpha value is 0.540. The number of rotatable bonds is 9. The summed E-state index contributed by atoms with van der Waals surface area (Å²) in [7, 11) is 0. The molecule has 1 aliphatic heterocycles. The molecule has 0 N–H and O–H groups in total. The van der Waals surface area contributed by atoms with Gasteiger partial charge in [0.1, 0.15) is 0 Å². The zero-order chi connectivity index (χ0) is 14.0. The normalized spacial score (nSPS) is 15.8. The van der Waals surface area contributed by atoms with Gasteiger partial charge >= 0.3 is 0 Å². The van der Waals surface area contributed by atoms with E-state index >= 15 is 0 Å². The Morgan fingerprint density at radius 3 is 2.80 bits per heavy atom. The molecule has 1 aromatic rings. The van der Waals surface area contributed by atoms with E-state index in [0.29, 0.717) is 0 Å². The molecule has 1 saturated heterocycles. The van der Waals surface area contributed by atoms with Crippen molar-refractivity contribution in [1.29, 1.82) is 0 Å². The zero-order valence-electron chi connectivity index (χ0n) is 11.9. The Bertz CT molecular complexity index is 367. The minimum Gasteiger partial charge on any atom is -0.293 e. The first-order valence-electron chi connectivity index (χ1n) is 7.39. The maximum atomic E-state index is 4.42. The van der Waals surface area contributed by atoms with E-state index in [1.807, 2.05) is 18.0 Å². The highest BCUT2D eigenvalue weighted by atomic mass is 127. The second-order valence-electron chi connectivity index (χ2n) is 5.09. The predicted molar refractivity (Wildman–Crippen MR) is 99.7 cm³/mol. The molecule has 20 heavy (non-hydrogen) atoms. The molecule has 0 bridgehead atoms. The lowest BCUT2D eigenvalue weighted by Crippen LogP contribution is -2.20. The summed E-state index contributed by atoms with van der Waals surface area (Å²) in [6.45, 7) is 2.62. The third-order valence-electron chi connectivity index (χ3n) is 3.39. The molecule has 0 aromatic carbocycles. The number of halogens is 1. The SMILES string of the molecule is Ic1ccc(SCCCCCCCN2CCSC2)nc1. The minimum atomic E-state index is 1.16. The topological polar surface area (TPSA) is 16.1 Å². The Kier molecular flexibility index (Phi) is 8.70. The van der Waals surface area contributed by atoms with Crippen LogP contribution in [0.4, 0.5) is 0 Å². The van der Waals surface area contributed by atoms with Gasteiger partial charge in [0.15, 0.2) is 0 Å². The van der Waals surface area contributed by atoms with Gasteiger partial charge in [-0.15, -0.1) is 23.5 Å². The van der Waals surface area contributed by atoms with Crippen molar-refractivity contribution in [3.8, 4) is 0 Å². The number of unbranched alkanes of at least 4 members (excludes halogenated alkanes) is 4. The average Bonchev–Trinajstić information content (AvgIpc) is 2.97. The molecule has 0 atom stereocenters. The second-order valence-corrected chi connectivity index (χ2v) is 8.52. The fraction of sp³-hybridized carbons (Fsp3) is 0.667. The number of pyridine rings is 1. The van der Waals surface area contributed by atoms with Gasteiger partial charge in [-0.05, 0) is 59.9 Å². The third-order valence-corrected chi connectivity index (χ3v) is 6.08. The molecule has 0 aliphatic carbocycles. The van der Waals surface area contributed by atoms with Gasteiger partial charge in [0, 0.05) is 27.9 Å². The molecule has 2 nitrogen and oxygen atoms in total.